The Kier molecular flexibility index (Phi) is 4.89. The van der Waals surface area contributed by atoms with Crippen molar-refractivity contribution in [2.75, 3.05) is 14.2 Å². The number of likely N-dealkylation sites (N-methyl/N-ethyl adjacent to an activating group) is 1. The Morgan fingerprint density at radius 2 is 2.00 bits per heavy atom. The van der Waals surface area contributed by atoms with Gasteiger partial charge in [-0.05, 0) is 12.6 Å². The summed E-state index contributed by atoms with van der Waals surface area (Å²) >= 11 is 0. The van der Waals surface area contributed by atoms with Crippen molar-refractivity contribution in [2.24, 2.45) is 0 Å². The maximum atomic E-state index is 11.0. The van der Waals surface area contributed by atoms with Crippen molar-refractivity contribution in [1.82, 2.24) is 4.67 Å². The lowest BCUT2D eigenvalue weighted by Crippen LogP contribution is -2.32. The number of ether oxygens (including phenoxy) is 1. The largest absolute Gasteiger partial charge is 0.375 e. The molecule has 0 fully saturated rings. The van der Waals surface area contributed by atoms with Gasteiger partial charge in [0.05, 0.1) is 6.04 Å². The lowest BCUT2D eigenvalue weighted by molar-refractivity contribution is -0.114. The van der Waals surface area contributed by atoms with E-state index in [9.17, 15) is 4.79 Å². The number of carbonyl (C=O) groups is 1. The number of benzene rings is 1. The van der Waals surface area contributed by atoms with Crippen molar-refractivity contribution in [2.45, 2.75) is 12.1 Å². The van der Waals surface area contributed by atoms with Crippen LogP contribution in [-0.4, -0.2) is 31.2 Å². The fourth-order valence-electron chi connectivity index (χ4n) is 1.50. The highest BCUT2D eigenvalue weighted by atomic mass is 31.0. The molecule has 0 saturated carbocycles. The summed E-state index contributed by atoms with van der Waals surface area (Å²) in [6, 6.07) is 9.44. The molecule has 0 saturated heterocycles. The van der Waals surface area contributed by atoms with Crippen molar-refractivity contribution in [3.63, 3.8) is 0 Å². The van der Waals surface area contributed by atoms with E-state index < -0.39 is 0 Å². The third kappa shape index (κ3) is 3.10. The van der Waals surface area contributed by atoms with Crippen LogP contribution in [0.15, 0.2) is 30.3 Å². The molecule has 0 aromatic heterocycles. The number of hydrogen-bond donors (Lipinski definition) is 0. The maximum absolute atomic E-state index is 11.0. The Labute approximate surface area is 92.7 Å². The van der Waals surface area contributed by atoms with E-state index in [1.807, 2.05) is 37.4 Å². The third-order valence-electron chi connectivity index (χ3n) is 2.30. The van der Waals surface area contributed by atoms with Crippen LogP contribution >= 0.6 is 9.39 Å². The SMILES string of the molecule is CO[C@H](c1ccccc1)[C@@H](C=O)N(C)P. The zero-order valence-electron chi connectivity index (χ0n) is 8.96. The number of methoxy groups -OCH3 is 1. The molecule has 0 N–H and O–H groups in total. The first-order valence-corrected chi connectivity index (χ1v) is 5.23. The van der Waals surface area contributed by atoms with Gasteiger partial charge in [0.15, 0.2) is 0 Å². The Morgan fingerprint density at radius 3 is 2.40 bits per heavy atom. The molecule has 3 nitrogen and oxygen atoms in total. The topological polar surface area (TPSA) is 29.5 Å². The molecule has 0 aliphatic heterocycles. The second-order valence-corrected chi connectivity index (χ2v) is 4.17. The maximum Gasteiger partial charge on any atom is 0.140 e. The number of aldehydes is 1. The van der Waals surface area contributed by atoms with Gasteiger partial charge in [-0.25, -0.2) is 0 Å². The lowest BCUT2D eigenvalue weighted by Gasteiger charge is -2.26. The van der Waals surface area contributed by atoms with Crippen molar-refractivity contribution in [1.29, 1.82) is 0 Å². The molecular formula is C11H16NO2P. The second kappa shape index (κ2) is 5.96. The summed E-state index contributed by atoms with van der Waals surface area (Å²) in [7, 11) is 5.93. The quantitative estimate of drug-likeness (QED) is 0.564. The molecule has 82 valence electrons. The van der Waals surface area contributed by atoms with Gasteiger partial charge in [-0.1, -0.05) is 39.7 Å². The molecule has 1 aromatic carbocycles. The Morgan fingerprint density at radius 1 is 1.40 bits per heavy atom. The predicted molar refractivity (Wildman–Crippen MR) is 63.5 cm³/mol. The fourth-order valence-corrected chi connectivity index (χ4v) is 1.72. The van der Waals surface area contributed by atoms with Crippen LogP contribution < -0.4 is 0 Å². The molecule has 1 rings (SSSR count). The predicted octanol–water partition coefficient (Wildman–Crippen LogP) is 1.66. The van der Waals surface area contributed by atoms with Crippen LogP contribution in [0.4, 0.5) is 0 Å². The van der Waals surface area contributed by atoms with Crippen molar-refractivity contribution in [3.05, 3.63) is 35.9 Å². The molecule has 1 unspecified atom stereocenters. The number of nitrogens with zero attached hydrogens (tertiary/aromatic N) is 1. The third-order valence-corrected chi connectivity index (χ3v) is 2.65. The zero-order valence-corrected chi connectivity index (χ0v) is 10.1. The number of carbonyl (C=O) groups excluding carboxylic acids is 1. The monoisotopic (exact) mass is 225 g/mol. The van der Waals surface area contributed by atoms with Gasteiger partial charge in [0, 0.05) is 7.11 Å². The van der Waals surface area contributed by atoms with Gasteiger partial charge >= 0.3 is 0 Å². The van der Waals surface area contributed by atoms with Gasteiger partial charge in [0.1, 0.15) is 12.4 Å². The van der Waals surface area contributed by atoms with E-state index in [-0.39, 0.29) is 12.1 Å². The fraction of sp³-hybridized carbons (Fsp3) is 0.364. The van der Waals surface area contributed by atoms with Crippen LogP contribution in [0, 0.1) is 0 Å². The highest BCUT2D eigenvalue weighted by molar-refractivity contribution is 7.13. The Balaban J connectivity index is 2.92. The molecule has 0 radical (unpaired) electrons. The average Bonchev–Trinajstić information content (AvgIpc) is 2.26. The van der Waals surface area contributed by atoms with E-state index in [1.54, 1.807) is 11.8 Å². The lowest BCUT2D eigenvalue weighted by atomic mass is 10.0. The summed E-state index contributed by atoms with van der Waals surface area (Å²) in [6.45, 7) is 0. The van der Waals surface area contributed by atoms with Crippen LogP contribution in [0.25, 0.3) is 0 Å². The van der Waals surface area contributed by atoms with Gasteiger partial charge in [-0.2, -0.15) is 0 Å². The van der Waals surface area contributed by atoms with Crippen LogP contribution in [0.3, 0.4) is 0 Å². The summed E-state index contributed by atoms with van der Waals surface area (Å²) in [6.07, 6.45) is 0.667. The summed E-state index contributed by atoms with van der Waals surface area (Å²) in [4.78, 5) is 11.0. The molecule has 4 heteroatoms. The normalized spacial score (nSPS) is 14.9. The van der Waals surface area contributed by atoms with E-state index >= 15 is 0 Å². The molecule has 0 bridgehead atoms. The van der Waals surface area contributed by atoms with Crippen LogP contribution in [-0.2, 0) is 9.53 Å². The second-order valence-electron chi connectivity index (χ2n) is 3.36. The summed E-state index contributed by atoms with van der Waals surface area (Å²) in [5.41, 5.74) is 1.01. The van der Waals surface area contributed by atoms with Crippen LogP contribution in [0.2, 0.25) is 0 Å². The molecule has 1 aromatic rings. The minimum Gasteiger partial charge on any atom is -0.375 e. The van der Waals surface area contributed by atoms with Gasteiger partial charge in [0.2, 0.25) is 0 Å². The van der Waals surface area contributed by atoms with E-state index in [4.69, 9.17) is 4.74 Å². The molecular weight excluding hydrogens is 209 g/mol. The van der Waals surface area contributed by atoms with Crippen LogP contribution in [0.5, 0.6) is 0 Å². The zero-order chi connectivity index (χ0) is 11.3. The Bertz CT molecular complexity index is 303. The summed E-state index contributed by atoms with van der Waals surface area (Å²) in [5, 5.41) is 0. The first-order valence-electron chi connectivity index (χ1n) is 4.71. The van der Waals surface area contributed by atoms with E-state index in [2.05, 4.69) is 9.39 Å². The van der Waals surface area contributed by atoms with E-state index in [1.165, 1.54) is 0 Å². The van der Waals surface area contributed by atoms with Crippen molar-refractivity contribution in [3.8, 4) is 0 Å². The Hall–Kier alpha value is -0.760. The highest BCUT2D eigenvalue weighted by Crippen LogP contribution is 2.23. The van der Waals surface area contributed by atoms with Gasteiger partial charge in [-0.15, -0.1) is 0 Å². The molecule has 0 heterocycles. The number of hydrogen-bond acceptors (Lipinski definition) is 3. The molecule has 3 atom stereocenters. The van der Waals surface area contributed by atoms with Gasteiger partial charge in [0.25, 0.3) is 0 Å². The summed E-state index contributed by atoms with van der Waals surface area (Å²) in [5.74, 6) is 0. The van der Waals surface area contributed by atoms with Crippen molar-refractivity contribution < 1.29 is 9.53 Å². The first kappa shape index (κ1) is 12.3. The molecule has 15 heavy (non-hydrogen) atoms. The van der Waals surface area contributed by atoms with Crippen LogP contribution in [0.1, 0.15) is 11.7 Å². The first-order chi connectivity index (χ1) is 7.20. The van der Waals surface area contributed by atoms with E-state index in [0.29, 0.717) is 0 Å². The van der Waals surface area contributed by atoms with Gasteiger partial charge < -0.3 is 9.53 Å². The molecule has 0 spiro atoms. The minimum atomic E-state index is -0.289. The average molecular weight is 225 g/mol. The molecule has 0 amide bonds. The summed E-state index contributed by atoms with van der Waals surface area (Å²) < 4.78 is 7.14. The van der Waals surface area contributed by atoms with Crippen molar-refractivity contribution >= 4 is 15.7 Å². The molecule has 0 aliphatic carbocycles. The number of rotatable bonds is 5. The highest BCUT2D eigenvalue weighted by Gasteiger charge is 2.24. The molecule has 0 aliphatic rings. The smallest absolute Gasteiger partial charge is 0.140 e. The van der Waals surface area contributed by atoms with E-state index in [0.717, 1.165) is 11.8 Å². The standard InChI is InChI=1S/C11H16NO2P/c1-12(15)10(8-13)11(14-2)9-6-4-3-5-7-9/h3-8,10-11H,15H2,1-2H3/t10-,11-/m1/s1. The van der Waals surface area contributed by atoms with Gasteiger partial charge in [-0.3, -0.25) is 4.67 Å². The minimum absolute atomic E-state index is 0.230.